The molecule has 1 aromatic carbocycles. The molecule has 100 valence electrons. The van der Waals surface area contributed by atoms with Crippen molar-refractivity contribution >= 4 is 17.3 Å². The fourth-order valence-corrected chi connectivity index (χ4v) is 3.04. The van der Waals surface area contributed by atoms with Crippen molar-refractivity contribution in [2.75, 3.05) is 11.9 Å². The van der Waals surface area contributed by atoms with Gasteiger partial charge < -0.3 is 5.32 Å². The van der Waals surface area contributed by atoms with Gasteiger partial charge in [0.2, 0.25) is 0 Å². The predicted octanol–water partition coefficient (Wildman–Crippen LogP) is 4.62. The molecule has 1 aromatic rings. The first-order valence-electron chi connectivity index (χ1n) is 6.69. The number of nitriles is 1. The molecule has 1 aliphatic rings. The fourth-order valence-electron chi connectivity index (χ4n) is 2.82. The van der Waals surface area contributed by atoms with Crippen molar-refractivity contribution in [3.8, 4) is 6.07 Å². The Bertz CT molecular complexity index is 528. The summed E-state index contributed by atoms with van der Waals surface area (Å²) in [6.45, 7) is 5.44. The smallest absolute Gasteiger partial charge is 0.101 e. The van der Waals surface area contributed by atoms with Gasteiger partial charge in [-0.25, -0.2) is 0 Å². The first-order valence-corrected chi connectivity index (χ1v) is 7.07. The topological polar surface area (TPSA) is 35.8 Å². The average Bonchev–Trinajstić information content (AvgIpc) is 2.35. The minimum atomic E-state index is 0.514. The van der Waals surface area contributed by atoms with Gasteiger partial charge >= 0.3 is 0 Å². The molecule has 2 atom stereocenters. The van der Waals surface area contributed by atoms with Crippen molar-refractivity contribution < 1.29 is 0 Å². The van der Waals surface area contributed by atoms with Crippen molar-refractivity contribution in [3.05, 3.63) is 40.4 Å². The highest BCUT2D eigenvalue weighted by atomic mass is 35.5. The van der Waals surface area contributed by atoms with E-state index < -0.39 is 0 Å². The van der Waals surface area contributed by atoms with Crippen molar-refractivity contribution in [2.45, 2.75) is 26.7 Å². The minimum absolute atomic E-state index is 0.514. The van der Waals surface area contributed by atoms with Crippen LogP contribution >= 0.6 is 11.6 Å². The zero-order valence-corrected chi connectivity index (χ0v) is 12.2. The molecule has 0 aliphatic heterocycles. The van der Waals surface area contributed by atoms with E-state index in [0.29, 0.717) is 22.4 Å². The van der Waals surface area contributed by atoms with Gasteiger partial charge in [0, 0.05) is 12.2 Å². The van der Waals surface area contributed by atoms with Crippen molar-refractivity contribution in [3.63, 3.8) is 0 Å². The van der Waals surface area contributed by atoms with Gasteiger partial charge in [-0.15, -0.1) is 0 Å². The Hall–Kier alpha value is -1.46. The number of hydrogen-bond acceptors (Lipinski definition) is 2. The summed E-state index contributed by atoms with van der Waals surface area (Å²) in [6.07, 6.45) is 4.77. The van der Waals surface area contributed by atoms with Gasteiger partial charge in [0.1, 0.15) is 6.07 Å². The van der Waals surface area contributed by atoms with Gasteiger partial charge in [0.25, 0.3) is 0 Å². The zero-order chi connectivity index (χ0) is 13.8. The van der Waals surface area contributed by atoms with E-state index in [2.05, 4.69) is 31.3 Å². The zero-order valence-electron chi connectivity index (χ0n) is 11.4. The Kier molecular flexibility index (Phi) is 4.50. The number of rotatable bonds is 3. The lowest BCUT2D eigenvalue weighted by Crippen LogP contribution is -2.20. The first-order chi connectivity index (χ1) is 9.08. The number of hydrogen-bond donors (Lipinski definition) is 1. The maximum absolute atomic E-state index is 8.84. The Morgan fingerprint density at radius 1 is 1.47 bits per heavy atom. The molecular formula is C16H19ClN2. The SMILES string of the molecule is CC1=CC(C)CC(CNc2ccc(C#N)c(Cl)c2)C1. The van der Waals surface area contributed by atoms with E-state index in [9.17, 15) is 0 Å². The molecule has 2 nitrogen and oxygen atoms in total. The van der Waals surface area contributed by atoms with E-state index in [1.165, 1.54) is 18.4 Å². The molecule has 1 aliphatic carbocycles. The molecule has 2 rings (SSSR count). The number of halogens is 1. The van der Waals surface area contributed by atoms with Gasteiger partial charge in [-0.2, -0.15) is 5.26 Å². The molecule has 2 unspecified atom stereocenters. The molecule has 0 saturated heterocycles. The predicted molar refractivity (Wildman–Crippen MR) is 80.3 cm³/mol. The summed E-state index contributed by atoms with van der Waals surface area (Å²) in [5.74, 6) is 1.35. The summed E-state index contributed by atoms with van der Waals surface area (Å²) < 4.78 is 0. The number of nitrogens with one attached hydrogen (secondary N) is 1. The molecule has 1 N–H and O–H groups in total. The highest BCUT2D eigenvalue weighted by molar-refractivity contribution is 6.32. The summed E-state index contributed by atoms with van der Waals surface area (Å²) in [7, 11) is 0. The summed E-state index contributed by atoms with van der Waals surface area (Å²) in [5.41, 5.74) is 3.00. The van der Waals surface area contributed by atoms with E-state index in [4.69, 9.17) is 16.9 Å². The molecule has 3 heteroatoms. The van der Waals surface area contributed by atoms with Gasteiger partial charge in [0.05, 0.1) is 10.6 Å². The average molecular weight is 275 g/mol. The van der Waals surface area contributed by atoms with E-state index in [-0.39, 0.29) is 0 Å². The molecule has 19 heavy (non-hydrogen) atoms. The Morgan fingerprint density at radius 2 is 2.26 bits per heavy atom. The molecule has 0 radical (unpaired) electrons. The fraction of sp³-hybridized carbons (Fsp3) is 0.438. The molecular weight excluding hydrogens is 256 g/mol. The number of allylic oxidation sites excluding steroid dienone is 2. The normalized spacial score (nSPS) is 22.5. The third kappa shape index (κ3) is 3.75. The minimum Gasteiger partial charge on any atom is -0.385 e. The summed E-state index contributed by atoms with van der Waals surface area (Å²) in [5, 5.41) is 12.8. The van der Waals surface area contributed by atoms with Crippen LogP contribution in [-0.4, -0.2) is 6.54 Å². The molecule has 0 bridgehead atoms. The molecule has 0 amide bonds. The van der Waals surface area contributed by atoms with Crippen LogP contribution in [0.4, 0.5) is 5.69 Å². The van der Waals surface area contributed by atoms with Gasteiger partial charge in [-0.3, -0.25) is 0 Å². The third-order valence-corrected chi connectivity index (χ3v) is 3.88. The van der Waals surface area contributed by atoms with Gasteiger partial charge in [0.15, 0.2) is 0 Å². The van der Waals surface area contributed by atoms with Crippen LogP contribution in [0.25, 0.3) is 0 Å². The molecule has 0 heterocycles. The largest absolute Gasteiger partial charge is 0.385 e. The van der Waals surface area contributed by atoms with Crippen LogP contribution in [0, 0.1) is 23.2 Å². The maximum Gasteiger partial charge on any atom is 0.101 e. The lowest BCUT2D eigenvalue weighted by Gasteiger charge is -2.26. The lowest BCUT2D eigenvalue weighted by atomic mass is 9.84. The quantitative estimate of drug-likeness (QED) is 0.817. The second-order valence-corrected chi connectivity index (χ2v) is 5.89. The number of anilines is 1. The van der Waals surface area contributed by atoms with Gasteiger partial charge in [-0.05, 0) is 49.8 Å². The summed E-state index contributed by atoms with van der Waals surface area (Å²) >= 11 is 6.03. The van der Waals surface area contributed by atoms with Crippen molar-refractivity contribution in [1.29, 1.82) is 5.26 Å². The molecule has 0 fully saturated rings. The van der Waals surface area contributed by atoms with Gasteiger partial charge in [-0.1, -0.05) is 30.2 Å². The monoisotopic (exact) mass is 274 g/mol. The second-order valence-electron chi connectivity index (χ2n) is 5.48. The van der Waals surface area contributed by atoms with Crippen molar-refractivity contribution in [1.82, 2.24) is 0 Å². The van der Waals surface area contributed by atoms with Crippen LogP contribution in [-0.2, 0) is 0 Å². The Labute approximate surface area is 120 Å². The summed E-state index contributed by atoms with van der Waals surface area (Å²) in [4.78, 5) is 0. The van der Waals surface area contributed by atoms with Crippen LogP contribution in [0.3, 0.4) is 0 Å². The van der Waals surface area contributed by atoms with Crippen LogP contribution in [0.1, 0.15) is 32.3 Å². The van der Waals surface area contributed by atoms with E-state index in [1.54, 1.807) is 6.07 Å². The van der Waals surface area contributed by atoms with E-state index in [0.717, 1.165) is 12.2 Å². The van der Waals surface area contributed by atoms with Crippen LogP contribution in [0.2, 0.25) is 5.02 Å². The van der Waals surface area contributed by atoms with E-state index in [1.807, 2.05) is 12.1 Å². The second kappa shape index (κ2) is 6.12. The molecule has 0 spiro atoms. The molecule has 0 saturated carbocycles. The standard InChI is InChI=1S/C16H19ClN2/c1-11-5-12(2)7-13(6-11)10-19-15-4-3-14(9-18)16(17)8-15/h3-5,8,11,13,19H,6-7,10H2,1-2H3. The maximum atomic E-state index is 8.84. The Morgan fingerprint density at radius 3 is 2.89 bits per heavy atom. The lowest BCUT2D eigenvalue weighted by molar-refractivity contribution is 0.421. The number of nitrogens with zero attached hydrogens (tertiary/aromatic N) is 1. The highest BCUT2D eigenvalue weighted by Gasteiger charge is 2.17. The first kappa shape index (κ1) is 14.0. The Balaban J connectivity index is 1.95. The summed E-state index contributed by atoms with van der Waals surface area (Å²) in [6, 6.07) is 7.58. The van der Waals surface area contributed by atoms with E-state index >= 15 is 0 Å². The van der Waals surface area contributed by atoms with Crippen LogP contribution in [0.5, 0.6) is 0 Å². The number of benzene rings is 1. The highest BCUT2D eigenvalue weighted by Crippen LogP contribution is 2.28. The van der Waals surface area contributed by atoms with Crippen LogP contribution < -0.4 is 5.32 Å². The van der Waals surface area contributed by atoms with Crippen LogP contribution in [0.15, 0.2) is 29.8 Å². The third-order valence-electron chi connectivity index (χ3n) is 3.57. The molecule has 0 aromatic heterocycles. The van der Waals surface area contributed by atoms with Crippen molar-refractivity contribution in [2.24, 2.45) is 11.8 Å².